The Bertz CT molecular complexity index is 988. The first kappa shape index (κ1) is 19.2. The van der Waals surface area contributed by atoms with Crippen molar-refractivity contribution in [3.63, 3.8) is 0 Å². The normalized spacial score (nSPS) is 24.4. The number of likely N-dealkylation sites (tertiary alicyclic amines) is 1. The summed E-state index contributed by atoms with van der Waals surface area (Å²) in [6, 6.07) is 16.6. The molecule has 0 aromatic heterocycles. The molecule has 5 nitrogen and oxygen atoms in total. The third kappa shape index (κ3) is 4.13. The van der Waals surface area contributed by atoms with Gasteiger partial charge in [0.15, 0.2) is 0 Å². The maximum Gasteiger partial charge on any atom is 0.226 e. The van der Waals surface area contributed by atoms with Crippen molar-refractivity contribution in [3.8, 4) is 11.1 Å². The number of aryl methyl sites for hydroxylation is 1. The summed E-state index contributed by atoms with van der Waals surface area (Å²) in [6.45, 7) is 3.17. The van der Waals surface area contributed by atoms with Gasteiger partial charge in [-0.1, -0.05) is 54.1 Å². The third-order valence-electron chi connectivity index (χ3n) is 5.68. The fourth-order valence-electron chi connectivity index (χ4n) is 4.27. The summed E-state index contributed by atoms with van der Waals surface area (Å²) in [4.78, 5) is 14.8. The van der Waals surface area contributed by atoms with Gasteiger partial charge in [0.05, 0.1) is 6.26 Å². The lowest BCUT2D eigenvalue weighted by Crippen LogP contribution is -2.38. The van der Waals surface area contributed by atoms with Crippen LogP contribution in [-0.2, 0) is 14.8 Å². The van der Waals surface area contributed by atoms with E-state index in [2.05, 4.69) is 42.0 Å². The first-order chi connectivity index (χ1) is 13.3. The van der Waals surface area contributed by atoms with Gasteiger partial charge in [-0.15, -0.1) is 0 Å². The molecule has 0 spiro atoms. The molecular formula is C22H26N2O3S. The summed E-state index contributed by atoms with van der Waals surface area (Å²) in [5.41, 5.74) is 4.83. The molecule has 1 saturated carbocycles. The van der Waals surface area contributed by atoms with Crippen LogP contribution in [-0.4, -0.2) is 44.6 Å². The average Bonchev–Trinajstić information content (AvgIpc) is 3.32. The zero-order chi connectivity index (χ0) is 19.9. The Kier molecular flexibility index (Phi) is 5.02. The number of amides is 1. The third-order valence-corrected chi connectivity index (χ3v) is 6.44. The monoisotopic (exact) mass is 398 g/mol. The fourth-order valence-corrected chi connectivity index (χ4v) is 5.06. The minimum Gasteiger partial charge on any atom is -0.341 e. The van der Waals surface area contributed by atoms with Gasteiger partial charge in [-0.25, -0.2) is 13.1 Å². The van der Waals surface area contributed by atoms with E-state index in [-0.39, 0.29) is 23.8 Å². The van der Waals surface area contributed by atoms with Crippen LogP contribution in [0.4, 0.5) is 0 Å². The number of hydrogen-bond acceptors (Lipinski definition) is 3. The molecule has 1 aliphatic heterocycles. The first-order valence-electron chi connectivity index (χ1n) is 9.74. The molecule has 1 N–H and O–H groups in total. The number of carbonyl (C=O) groups is 1. The van der Waals surface area contributed by atoms with Crippen molar-refractivity contribution in [1.82, 2.24) is 9.62 Å². The molecule has 1 saturated heterocycles. The fraction of sp³-hybridized carbons (Fsp3) is 0.409. The highest BCUT2D eigenvalue weighted by Crippen LogP contribution is 2.51. The summed E-state index contributed by atoms with van der Waals surface area (Å²) in [7, 11) is -3.24. The highest BCUT2D eigenvalue weighted by Gasteiger charge is 2.47. The SMILES string of the molecule is Cc1ccc([C@@H]2C[C@H]2C(=O)N2CC[C@@H](NS(C)(=O)=O)C2)c(-c2ccccc2)c1. The molecule has 28 heavy (non-hydrogen) atoms. The Morgan fingerprint density at radius 1 is 1.14 bits per heavy atom. The van der Waals surface area contributed by atoms with E-state index in [1.807, 2.05) is 23.1 Å². The van der Waals surface area contributed by atoms with Crippen LogP contribution in [0.5, 0.6) is 0 Å². The number of carbonyl (C=O) groups excluding carboxylic acids is 1. The second-order valence-corrected chi connectivity index (χ2v) is 9.85. The van der Waals surface area contributed by atoms with Crippen LogP contribution in [0.3, 0.4) is 0 Å². The summed E-state index contributed by atoms with van der Waals surface area (Å²) in [5, 5.41) is 0. The molecular weight excluding hydrogens is 372 g/mol. The molecule has 2 fully saturated rings. The van der Waals surface area contributed by atoms with E-state index in [1.165, 1.54) is 22.3 Å². The van der Waals surface area contributed by atoms with Crippen LogP contribution in [0.2, 0.25) is 0 Å². The highest BCUT2D eigenvalue weighted by molar-refractivity contribution is 7.88. The molecule has 1 heterocycles. The van der Waals surface area contributed by atoms with E-state index in [4.69, 9.17) is 0 Å². The molecule has 2 aliphatic rings. The lowest BCUT2D eigenvalue weighted by atomic mass is 9.94. The number of hydrogen-bond donors (Lipinski definition) is 1. The molecule has 2 aromatic rings. The number of nitrogens with one attached hydrogen (secondary N) is 1. The predicted molar refractivity (Wildman–Crippen MR) is 110 cm³/mol. The quantitative estimate of drug-likeness (QED) is 0.842. The van der Waals surface area contributed by atoms with Gasteiger partial charge in [-0.2, -0.15) is 0 Å². The summed E-state index contributed by atoms with van der Waals surface area (Å²) < 4.78 is 25.5. The van der Waals surface area contributed by atoms with Crippen LogP contribution in [0.1, 0.15) is 29.9 Å². The second-order valence-electron chi connectivity index (χ2n) is 8.07. The Morgan fingerprint density at radius 2 is 1.89 bits per heavy atom. The topological polar surface area (TPSA) is 66.5 Å². The number of sulfonamides is 1. The van der Waals surface area contributed by atoms with Crippen LogP contribution in [0.25, 0.3) is 11.1 Å². The van der Waals surface area contributed by atoms with Gasteiger partial charge in [-0.3, -0.25) is 4.79 Å². The summed E-state index contributed by atoms with van der Waals surface area (Å²) in [5.74, 6) is 0.398. The van der Waals surface area contributed by atoms with Crippen molar-refractivity contribution in [2.45, 2.75) is 31.7 Å². The molecule has 0 radical (unpaired) electrons. The first-order valence-corrected chi connectivity index (χ1v) is 11.6. The Balaban J connectivity index is 1.48. The van der Waals surface area contributed by atoms with E-state index in [0.717, 1.165) is 12.7 Å². The molecule has 1 aliphatic carbocycles. The maximum atomic E-state index is 13.0. The lowest BCUT2D eigenvalue weighted by Gasteiger charge is -2.17. The molecule has 148 valence electrons. The highest BCUT2D eigenvalue weighted by atomic mass is 32.2. The van der Waals surface area contributed by atoms with Gasteiger partial charge >= 0.3 is 0 Å². The van der Waals surface area contributed by atoms with Gasteiger partial charge in [0.25, 0.3) is 0 Å². The van der Waals surface area contributed by atoms with E-state index < -0.39 is 10.0 Å². The van der Waals surface area contributed by atoms with Crippen molar-refractivity contribution >= 4 is 15.9 Å². The largest absolute Gasteiger partial charge is 0.341 e. The van der Waals surface area contributed by atoms with Crippen LogP contribution in [0, 0.1) is 12.8 Å². The molecule has 4 rings (SSSR count). The number of nitrogens with zero attached hydrogens (tertiary/aromatic N) is 1. The summed E-state index contributed by atoms with van der Waals surface area (Å²) in [6.07, 6.45) is 2.70. The predicted octanol–water partition coefficient (Wildman–Crippen LogP) is 2.92. The van der Waals surface area contributed by atoms with Crippen molar-refractivity contribution in [2.75, 3.05) is 19.3 Å². The zero-order valence-electron chi connectivity index (χ0n) is 16.3. The Morgan fingerprint density at radius 3 is 2.61 bits per heavy atom. The van der Waals surface area contributed by atoms with Gasteiger partial charge in [0.1, 0.15) is 0 Å². The number of benzene rings is 2. The second kappa shape index (κ2) is 7.33. The minimum absolute atomic E-state index is 0.00199. The lowest BCUT2D eigenvalue weighted by molar-refractivity contribution is -0.131. The van der Waals surface area contributed by atoms with Crippen molar-refractivity contribution in [2.24, 2.45) is 5.92 Å². The van der Waals surface area contributed by atoms with E-state index in [9.17, 15) is 13.2 Å². The zero-order valence-corrected chi connectivity index (χ0v) is 17.1. The van der Waals surface area contributed by atoms with Crippen LogP contribution < -0.4 is 4.72 Å². The minimum atomic E-state index is -3.24. The molecule has 1 amide bonds. The van der Waals surface area contributed by atoms with Crippen molar-refractivity contribution < 1.29 is 13.2 Å². The molecule has 0 bridgehead atoms. The van der Waals surface area contributed by atoms with Gasteiger partial charge in [0.2, 0.25) is 15.9 Å². The van der Waals surface area contributed by atoms with E-state index >= 15 is 0 Å². The van der Waals surface area contributed by atoms with Crippen molar-refractivity contribution in [1.29, 1.82) is 0 Å². The number of rotatable bonds is 5. The van der Waals surface area contributed by atoms with E-state index in [1.54, 1.807) is 0 Å². The van der Waals surface area contributed by atoms with Gasteiger partial charge in [-0.05, 0) is 42.4 Å². The van der Waals surface area contributed by atoms with E-state index in [0.29, 0.717) is 19.5 Å². The molecule has 3 atom stereocenters. The average molecular weight is 399 g/mol. The summed E-state index contributed by atoms with van der Waals surface area (Å²) >= 11 is 0. The smallest absolute Gasteiger partial charge is 0.226 e. The van der Waals surface area contributed by atoms with Gasteiger partial charge < -0.3 is 4.90 Å². The molecule has 0 unspecified atom stereocenters. The maximum absolute atomic E-state index is 13.0. The van der Waals surface area contributed by atoms with Crippen molar-refractivity contribution in [3.05, 3.63) is 59.7 Å². The van der Waals surface area contributed by atoms with Crippen LogP contribution in [0.15, 0.2) is 48.5 Å². The van der Waals surface area contributed by atoms with Crippen LogP contribution >= 0.6 is 0 Å². The Hall–Kier alpha value is -2.18. The standard InChI is InChI=1S/C22H26N2O3S/c1-15-8-9-18(19(12-15)16-6-4-3-5-7-16)20-13-21(20)22(25)24-11-10-17(14-24)23-28(2,26)27/h3-9,12,17,20-21,23H,10-11,13-14H2,1-2H3/t17-,20+,21-/m1/s1. The molecule has 2 aromatic carbocycles. The molecule has 6 heteroatoms. The van der Waals surface area contributed by atoms with Gasteiger partial charge in [0, 0.05) is 25.0 Å². The Labute approximate surface area is 166 Å².